The zero-order chi connectivity index (χ0) is 15.6. The van der Waals surface area contributed by atoms with Crippen LogP contribution in [0.4, 0.5) is 4.39 Å². The Morgan fingerprint density at radius 2 is 2.19 bits per heavy atom. The molecular formula is C14H17BrClFN4. The van der Waals surface area contributed by atoms with Crippen LogP contribution in [0.5, 0.6) is 0 Å². The average Bonchev–Trinajstić information content (AvgIpc) is 2.79. The maximum Gasteiger partial charge on any atom is 0.128 e. The van der Waals surface area contributed by atoms with Crippen molar-refractivity contribution in [1.82, 2.24) is 14.7 Å². The second kappa shape index (κ2) is 6.87. The van der Waals surface area contributed by atoms with Gasteiger partial charge in [-0.2, -0.15) is 5.10 Å². The molecule has 21 heavy (non-hydrogen) atoms. The van der Waals surface area contributed by atoms with Crippen LogP contribution >= 0.6 is 27.5 Å². The van der Waals surface area contributed by atoms with Crippen LogP contribution in [0.15, 0.2) is 28.9 Å². The molecule has 1 atom stereocenters. The summed E-state index contributed by atoms with van der Waals surface area (Å²) in [6, 6.07) is 4.02. The Bertz CT molecular complexity index is 629. The fourth-order valence-corrected chi connectivity index (χ4v) is 2.69. The zero-order valence-electron chi connectivity index (χ0n) is 11.9. The summed E-state index contributed by atoms with van der Waals surface area (Å²) in [5.74, 6) is -0.359. The summed E-state index contributed by atoms with van der Waals surface area (Å²) in [6.45, 7) is 1.43. The highest BCUT2D eigenvalue weighted by atomic mass is 79.9. The van der Waals surface area contributed by atoms with E-state index in [9.17, 15) is 4.39 Å². The van der Waals surface area contributed by atoms with Gasteiger partial charge in [0.15, 0.2) is 0 Å². The Morgan fingerprint density at radius 3 is 2.86 bits per heavy atom. The normalized spacial score (nSPS) is 12.9. The lowest BCUT2D eigenvalue weighted by Crippen LogP contribution is -2.24. The number of nitrogens with zero attached hydrogens (tertiary/aromatic N) is 3. The summed E-state index contributed by atoms with van der Waals surface area (Å²) >= 11 is 9.52. The number of benzene rings is 1. The van der Waals surface area contributed by atoms with E-state index in [2.05, 4.69) is 21.0 Å². The van der Waals surface area contributed by atoms with Gasteiger partial charge in [-0.25, -0.2) is 4.39 Å². The van der Waals surface area contributed by atoms with Crippen molar-refractivity contribution in [1.29, 1.82) is 0 Å². The van der Waals surface area contributed by atoms with E-state index in [0.29, 0.717) is 22.8 Å². The highest BCUT2D eigenvalue weighted by Gasteiger charge is 2.21. The highest BCUT2D eigenvalue weighted by molar-refractivity contribution is 9.10. The Balaban J connectivity index is 2.36. The van der Waals surface area contributed by atoms with Gasteiger partial charge in [-0.1, -0.05) is 27.5 Å². The molecule has 0 aliphatic carbocycles. The minimum atomic E-state index is -0.667. The molecule has 114 valence electrons. The van der Waals surface area contributed by atoms with Gasteiger partial charge in [0.05, 0.1) is 29.5 Å². The van der Waals surface area contributed by atoms with E-state index in [1.165, 1.54) is 6.07 Å². The average molecular weight is 376 g/mol. The smallest absolute Gasteiger partial charge is 0.128 e. The Kier molecular flexibility index (Phi) is 5.37. The summed E-state index contributed by atoms with van der Waals surface area (Å²) in [5, 5.41) is 4.68. The monoisotopic (exact) mass is 374 g/mol. The molecule has 0 saturated carbocycles. The van der Waals surface area contributed by atoms with Crippen LogP contribution in [0.2, 0.25) is 5.02 Å². The first kappa shape index (κ1) is 16.4. The van der Waals surface area contributed by atoms with Crippen molar-refractivity contribution in [3.05, 3.63) is 51.0 Å². The number of likely N-dealkylation sites (N-methyl/N-ethyl adjacent to an activating group) is 1. The molecule has 2 aromatic rings. The van der Waals surface area contributed by atoms with Crippen LogP contribution in [0, 0.1) is 5.82 Å². The third kappa shape index (κ3) is 3.83. The lowest BCUT2D eigenvalue weighted by molar-refractivity contribution is 0.367. The molecule has 0 bridgehead atoms. The summed E-state index contributed by atoms with van der Waals surface area (Å²) in [4.78, 5) is 2.03. The van der Waals surface area contributed by atoms with E-state index in [-0.39, 0.29) is 5.82 Å². The third-order valence-electron chi connectivity index (χ3n) is 3.18. The number of nitrogens with two attached hydrogens (primary N) is 1. The van der Waals surface area contributed by atoms with E-state index >= 15 is 0 Å². The Labute approximate surface area is 136 Å². The van der Waals surface area contributed by atoms with Crippen LogP contribution in [-0.2, 0) is 6.54 Å². The maximum absolute atomic E-state index is 14.0. The predicted molar refractivity (Wildman–Crippen MR) is 85.9 cm³/mol. The first-order chi connectivity index (χ1) is 9.90. The molecule has 2 rings (SSSR count). The summed E-state index contributed by atoms with van der Waals surface area (Å²) in [6.07, 6.45) is 1.54. The molecule has 7 heteroatoms. The van der Waals surface area contributed by atoms with Gasteiger partial charge in [0.1, 0.15) is 5.82 Å². The first-order valence-electron chi connectivity index (χ1n) is 6.46. The molecule has 0 aliphatic rings. The van der Waals surface area contributed by atoms with Gasteiger partial charge in [-0.15, -0.1) is 0 Å². The van der Waals surface area contributed by atoms with Crippen molar-refractivity contribution in [3.63, 3.8) is 0 Å². The van der Waals surface area contributed by atoms with E-state index < -0.39 is 6.04 Å². The molecule has 1 unspecified atom stereocenters. The highest BCUT2D eigenvalue weighted by Crippen LogP contribution is 2.29. The quantitative estimate of drug-likeness (QED) is 0.874. The van der Waals surface area contributed by atoms with Crippen molar-refractivity contribution in [2.45, 2.75) is 12.6 Å². The molecule has 0 radical (unpaired) electrons. The van der Waals surface area contributed by atoms with E-state index in [1.807, 2.05) is 19.0 Å². The second-order valence-corrected chi connectivity index (χ2v) is 6.37. The zero-order valence-corrected chi connectivity index (χ0v) is 14.2. The number of aromatic nitrogens is 2. The number of hydrogen-bond donors (Lipinski definition) is 1. The Morgan fingerprint density at radius 1 is 1.48 bits per heavy atom. The summed E-state index contributed by atoms with van der Waals surface area (Å²) in [7, 11) is 3.94. The van der Waals surface area contributed by atoms with E-state index in [0.717, 1.165) is 11.0 Å². The minimum absolute atomic E-state index is 0.359. The molecule has 0 fully saturated rings. The van der Waals surface area contributed by atoms with Crippen LogP contribution < -0.4 is 5.73 Å². The lowest BCUT2D eigenvalue weighted by atomic mass is 10.0. The molecule has 0 spiro atoms. The standard InChI is InChI=1S/C14H17BrClFN4/c1-20(2)5-6-21-14(11(16)8-19-21)13(18)10-7-9(15)3-4-12(10)17/h3-4,7-8,13H,5-6,18H2,1-2H3. The number of halogens is 3. The molecule has 2 N–H and O–H groups in total. The van der Waals surface area contributed by atoms with Gasteiger partial charge in [-0.3, -0.25) is 4.68 Å². The molecule has 1 aromatic heterocycles. The van der Waals surface area contributed by atoms with Gasteiger partial charge in [0.2, 0.25) is 0 Å². The molecule has 0 saturated heterocycles. The fourth-order valence-electron chi connectivity index (χ4n) is 2.05. The van der Waals surface area contributed by atoms with Crippen LogP contribution in [0.1, 0.15) is 17.3 Å². The van der Waals surface area contributed by atoms with Crippen LogP contribution in [0.3, 0.4) is 0 Å². The third-order valence-corrected chi connectivity index (χ3v) is 3.96. The van der Waals surface area contributed by atoms with E-state index in [1.54, 1.807) is 23.0 Å². The van der Waals surface area contributed by atoms with Gasteiger partial charge in [0.25, 0.3) is 0 Å². The van der Waals surface area contributed by atoms with Gasteiger partial charge in [-0.05, 0) is 32.3 Å². The van der Waals surface area contributed by atoms with E-state index in [4.69, 9.17) is 17.3 Å². The molecule has 1 heterocycles. The number of rotatable bonds is 5. The first-order valence-corrected chi connectivity index (χ1v) is 7.63. The van der Waals surface area contributed by atoms with Crippen LogP contribution in [0.25, 0.3) is 0 Å². The Hall–Kier alpha value is -0.950. The molecular weight excluding hydrogens is 359 g/mol. The fraction of sp³-hybridized carbons (Fsp3) is 0.357. The largest absolute Gasteiger partial charge is 0.319 e. The lowest BCUT2D eigenvalue weighted by Gasteiger charge is -2.18. The van der Waals surface area contributed by atoms with Crippen molar-refractivity contribution < 1.29 is 4.39 Å². The molecule has 4 nitrogen and oxygen atoms in total. The van der Waals surface area contributed by atoms with Gasteiger partial charge in [0, 0.05) is 16.6 Å². The van der Waals surface area contributed by atoms with Gasteiger partial charge >= 0.3 is 0 Å². The molecule has 1 aromatic carbocycles. The van der Waals surface area contributed by atoms with Crippen molar-refractivity contribution in [2.75, 3.05) is 20.6 Å². The van der Waals surface area contributed by atoms with Crippen LogP contribution in [-0.4, -0.2) is 35.3 Å². The minimum Gasteiger partial charge on any atom is -0.319 e. The SMILES string of the molecule is CN(C)CCn1ncc(Cl)c1C(N)c1cc(Br)ccc1F. The molecule has 0 aliphatic heterocycles. The topological polar surface area (TPSA) is 47.1 Å². The maximum atomic E-state index is 14.0. The number of hydrogen-bond acceptors (Lipinski definition) is 3. The van der Waals surface area contributed by atoms with Gasteiger partial charge < -0.3 is 10.6 Å². The predicted octanol–water partition coefficient (Wildman–Crippen LogP) is 3.05. The second-order valence-electron chi connectivity index (χ2n) is 5.05. The van der Waals surface area contributed by atoms with Crippen molar-refractivity contribution in [2.24, 2.45) is 5.73 Å². The summed E-state index contributed by atoms with van der Waals surface area (Å²) < 4.78 is 16.5. The van der Waals surface area contributed by atoms with Crippen molar-refractivity contribution >= 4 is 27.5 Å². The molecule has 0 amide bonds. The van der Waals surface area contributed by atoms with Crippen molar-refractivity contribution in [3.8, 4) is 0 Å². The summed E-state index contributed by atoms with van der Waals surface area (Å²) in [5.41, 5.74) is 7.23.